The van der Waals surface area contributed by atoms with Crippen molar-refractivity contribution in [2.75, 3.05) is 10.6 Å². The van der Waals surface area contributed by atoms with Gasteiger partial charge in [0.05, 0.1) is 12.1 Å². The average molecular weight is 452 g/mol. The van der Waals surface area contributed by atoms with Crippen LogP contribution in [0.25, 0.3) is 0 Å². The van der Waals surface area contributed by atoms with E-state index in [4.69, 9.17) is 0 Å². The minimum absolute atomic E-state index is 0.0693. The summed E-state index contributed by atoms with van der Waals surface area (Å²) in [4.78, 5) is 28.0. The molecule has 3 aromatic heterocycles. The number of carbonyl (C=O) groups is 2. The van der Waals surface area contributed by atoms with Gasteiger partial charge in [0.2, 0.25) is 16.9 Å². The van der Waals surface area contributed by atoms with Crippen LogP contribution in [0.15, 0.2) is 36.5 Å². The molecule has 0 radical (unpaired) electrons. The minimum Gasteiger partial charge on any atom is -0.309 e. The molecular weight excluding hydrogens is 426 g/mol. The third-order valence-corrected chi connectivity index (χ3v) is 6.22. The van der Waals surface area contributed by atoms with Gasteiger partial charge in [-0.1, -0.05) is 31.3 Å². The first kappa shape index (κ1) is 21.9. The van der Waals surface area contributed by atoms with Crippen LogP contribution in [0.3, 0.4) is 0 Å². The predicted octanol–water partition coefficient (Wildman–Crippen LogP) is 3.24. The van der Waals surface area contributed by atoms with Gasteiger partial charge >= 0.3 is 0 Å². The molecular formula is C22H25N7O2S. The second kappa shape index (κ2) is 9.90. The van der Waals surface area contributed by atoms with Crippen LogP contribution < -0.4 is 10.6 Å². The zero-order valence-corrected chi connectivity index (χ0v) is 18.8. The van der Waals surface area contributed by atoms with Gasteiger partial charge in [0.15, 0.2) is 5.82 Å². The fourth-order valence-electron chi connectivity index (χ4n) is 3.51. The predicted molar refractivity (Wildman–Crippen MR) is 121 cm³/mol. The van der Waals surface area contributed by atoms with Crippen LogP contribution in [-0.2, 0) is 22.4 Å². The molecule has 1 fully saturated rings. The Balaban J connectivity index is 1.22. The molecule has 10 heteroatoms. The van der Waals surface area contributed by atoms with Crippen LogP contribution >= 0.6 is 11.3 Å². The highest BCUT2D eigenvalue weighted by Gasteiger charge is 2.32. The highest BCUT2D eigenvalue weighted by atomic mass is 32.1. The maximum absolute atomic E-state index is 12.1. The number of nitrogens with one attached hydrogen (secondary N) is 2. The molecule has 0 aromatic carbocycles. The van der Waals surface area contributed by atoms with Crippen molar-refractivity contribution < 1.29 is 9.59 Å². The van der Waals surface area contributed by atoms with Crippen molar-refractivity contribution in [1.82, 2.24) is 25.4 Å². The van der Waals surface area contributed by atoms with Gasteiger partial charge in [-0.05, 0) is 43.0 Å². The molecule has 0 bridgehead atoms. The third kappa shape index (κ3) is 5.70. The van der Waals surface area contributed by atoms with Gasteiger partial charge in [0, 0.05) is 30.1 Å². The van der Waals surface area contributed by atoms with E-state index in [2.05, 4.69) is 36.0 Å². The maximum Gasteiger partial charge on any atom is 0.232 e. The zero-order valence-electron chi connectivity index (χ0n) is 18.0. The van der Waals surface area contributed by atoms with Gasteiger partial charge in [0.1, 0.15) is 5.01 Å². The fourth-order valence-corrected chi connectivity index (χ4v) is 4.38. The van der Waals surface area contributed by atoms with Crippen LogP contribution in [0, 0.1) is 11.8 Å². The van der Waals surface area contributed by atoms with Gasteiger partial charge in [-0.15, -0.1) is 15.3 Å². The number of aromatic nitrogens is 5. The number of hydrogen-bond donors (Lipinski definition) is 2. The Hall–Kier alpha value is -3.27. The smallest absolute Gasteiger partial charge is 0.232 e. The minimum atomic E-state index is -0.151. The summed E-state index contributed by atoms with van der Waals surface area (Å²) in [6.45, 7) is 3.67. The number of amides is 2. The molecule has 166 valence electrons. The van der Waals surface area contributed by atoms with E-state index < -0.39 is 0 Å². The van der Waals surface area contributed by atoms with Gasteiger partial charge in [-0.25, -0.2) is 0 Å². The van der Waals surface area contributed by atoms with Gasteiger partial charge in [0.25, 0.3) is 0 Å². The summed E-state index contributed by atoms with van der Waals surface area (Å²) in [5.74, 6) is 1.04. The molecule has 2 N–H and O–H groups in total. The van der Waals surface area contributed by atoms with Crippen molar-refractivity contribution in [2.24, 2.45) is 11.8 Å². The molecule has 0 aliphatic heterocycles. The summed E-state index contributed by atoms with van der Waals surface area (Å²) in [6.07, 6.45) is 4.73. The van der Waals surface area contributed by atoms with E-state index in [-0.39, 0.29) is 24.2 Å². The van der Waals surface area contributed by atoms with Crippen molar-refractivity contribution in [3.63, 3.8) is 0 Å². The molecule has 1 saturated carbocycles. The lowest BCUT2D eigenvalue weighted by atomic mass is 9.72. The Kier molecular flexibility index (Phi) is 6.79. The van der Waals surface area contributed by atoms with E-state index in [1.807, 2.05) is 38.1 Å². The number of rotatable bonds is 8. The largest absolute Gasteiger partial charge is 0.309 e. The first-order valence-electron chi connectivity index (χ1n) is 10.6. The summed E-state index contributed by atoms with van der Waals surface area (Å²) in [5, 5.41) is 23.7. The lowest BCUT2D eigenvalue weighted by Gasteiger charge is -2.34. The van der Waals surface area contributed by atoms with Crippen molar-refractivity contribution in [2.45, 2.75) is 45.4 Å². The first-order valence-corrected chi connectivity index (χ1v) is 11.4. The lowest BCUT2D eigenvalue weighted by Crippen LogP contribution is -2.25. The van der Waals surface area contributed by atoms with Crippen LogP contribution in [0.5, 0.6) is 0 Å². The summed E-state index contributed by atoms with van der Waals surface area (Å²) in [6, 6.07) is 9.23. The first-order chi connectivity index (χ1) is 15.5. The monoisotopic (exact) mass is 451 g/mol. The summed E-state index contributed by atoms with van der Waals surface area (Å²) < 4.78 is 0. The van der Waals surface area contributed by atoms with E-state index in [0.29, 0.717) is 28.5 Å². The summed E-state index contributed by atoms with van der Waals surface area (Å²) in [7, 11) is 0. The van der Waals surface area contributed by atoms with Gasteiger partial charge < -0.3 is 10.6 Å². The number of pyridine rings is 1. The fraction of sp³-hybridized carbons (Fsp3) is 0.409. The van der Waals surface area contributed by atoms with Crippen LogP contribution in [0.1, 0.15) is 49.0 Å². The third-order valence-electron chi connectivity index (χ3n) is 5.36. The topological polar surface area (TPSA) is 123 Å². The van der Waals surface area contributed by atoms with E-state index in [1.165, 1.54) is 11.3 Å². The number of nitrogens with zero attached hydrogens (tertiary/aromatic N) is 5. The number of carbonyl (C=O) groups excluding carboxylic acids is 2. The molecule has 2 amide bonds. The highest BCUT2D eigenvalue weighted by Crippen LogP contribution is 2.42. The van der Waals surface area contributed by atoms with E-state index >= 15 is 0 Å². The second-order valence-electron chi connectivity index (χ2n) is 8.27. The second-order valence-corrected chi connectivity index (χ2v) is 9.33. The van der Waals surface area contributed by atoms with Crippen LogP contribution in [0.4, 0.5) is 10.9 Å². The number of anilines is 2. The van der Waals surface area contributed by atoms with E-state index in [0.717, 1.165) is 30.0 Å². The van der Waals surface area contributed by atoms with Gasteiger partial charge in [-0.2, -0.15) is 5.10 Å². The molecule has 4 rings (SSSR count). The van der Waals surface area contributed by atoms with Crippen molar-refractivity contribution >= 4 is 34.1 Å². The van der Waals surface area contributed by atoms with Crippen LogP contribution in [0.2, 0.25) is 0 Å². The van der Waals surface area contributed by atoms with Crippen molar-refractivity contribution in [1.29, 1.82) is 0 Å². The molecule has 32 heavy (non-hydrogen) atoms. The van der Waals surface area contributed by atoms with Gasteiger partial charge in [-0.3, -0.25) is 14.6 Å². The molecule has 0 unspecified atom stereocenters. The molecule has 3 heterocycles. The van der Waals surface area contributed by atoms with E-state index in [9.17, 15) is 9.59 Å². The van der Waals surface area contributed by atoms with Crippen molar-refractivity contribution in [3.8, 4) is 0 Å². The summed E-state index contributed by atoms with van der Waals surface area (Å²) >= 11 is 1.41. The van der Waals surface area contributed by atoms with E-state index in [1.54, 1.807) is 12.3 Å². The summed E-state index contributed by atoms with van der Waals surface area (Å²) in [5.41, 5.74) is 1.66. The Labute approximate surface area is 190 Å². The number of hydrogen-bond acceptors (Lipinski definition) is 8. The SMILES string of the molecule is CC(C)C(=O)Nc1ccc([C@H]2C[C@@H](Cc3nnc(NC(=O)Cc4ccccn4)s3)C2)nn1. The molecule has 1 aliphatic carbocycles. The van der Waals surface area contributed by atoms with Crippen molar-refractivity contribution in [3.05, 3.63) is 52.9 Å². The standard InChI is InChI=1S/C22H25N7O2S/c1-13(2)21(31)24-18-7-6-17(26-27-18)15-9-14(10-15)11-20-28-29-22(32-20)25-19(30)12-16-5-3-4-8-23-16/h3-8,13-15H,9-12H2,1-2H3,(H,24,27,31)(H,25,29,30)/t14-,15+. The quantitative estimate of drug-likeness (QED) is 0.539. The Bertz CT molecular complexity index is 1060. The Morgan fingerprint density at radius 3 is 2.59 bits per heavy atom. The lowest BCUT2D eigenvalue weighted by molar-refractivity contribution is -0.119. The normalized spacial score (nSPS) is 17.6. The van der Waals surface area contributed by atoms with Crippen LogP contribution in [-0.4, -0.2) is 37.2 Å². The molecule has 0 saturated heterocycles. The molecule has 1 aliphatic rings. The average Bonchev–Trinajstić information content (AvgIpc) is 3.18. The Morgan fingerprint density at radius 1 is 1.06 bits per heavy atom. The molecule has 0 atom stereocenters. The molecule has 3 aromatic rings. The molecule has 9 nitrogen and oxygen atoms in total. The highest BCUT2D eigenvalue weighted by molar-refractivity contribution is 7.15. The maximum atomic E-state index is 12.1. The molecule has 0 spiro atoms. The zero-order chi connectivity index (χ0) is 22.5. The Morgan fingerprint density at radius 2 is 1.91 bits per heavy atom.